The van der Waals surface area contributed by atoms with Gasteiger partial charge in [-0.3, -0.25) is 9.59 Å². The Morgan fingerprint density at radius 3 is 2.62 bits per heavy atom. The zero-order valence-electron chi connectivity index (χ0n) is 15.8. The zero-order valence-corrected chi connectivity index (χ0v) is 16.6. The molecule has 2 aromatic heterocycles. The molecule has 0 aliphatic carbocycles. The van der Waals surface area contributed by atoms with Gasteiger partial charge in [-0.25, -0.2) is 4.98 Å². The Hall–Kier alpha value is -3.45. The molecule has 0 saturated heterocycles. The molecule has 4 aromatic rings. The van der Waals surface area contributed by atoms with Crippen molar-refractivity contribution in [2.45, 2.75) is 13.2 Å². The minimum atomic E-state index is -0.180. The molecule has 2 aromatic carbocycles. The Kier molecular flexibility index (Phi) is 5.39. The van der Waals surface area contributed by atoms with Crippen molar-refractivity contribution in [3.63, 3.8) is 0 Å². The van der Waals surface area contributed by atoms with Gasteiger partial charge in [-0.05, 0) is 41.3 Å². The SMILES string of the molecule is CN(Cc1nc2ccsc2c(=O)[nH]1)C(=O)c1ccc(OCc2ccccc2)cc1. The van der Waals surface area contributed by atoms with Crippen molar-refractivity contribution >= 4 is 27.5 Å². The van der Waals surface area contributed by atoms with Gasteiger partial charge in [-0.1, -0.05) is 30.3 Å². The fourth-order valence-corrected chi connectivity index (χ4v) is 3.67. The highest BCUT2D eigenvalue weighted by atomic mass is 32.1. The van der Waals surface area contributed by atoms with E-state index in [9.17, 15) is 9.59 Å². The molecule has 0 unspecified atom stereocenters. The molecule has 2 heterocycles. The fraction of sp³-hybridized carbons (Fsp3) is 0.136. The first-order valence-corrected chi connectivity index (χ1v) is 9.97. The van der Waals surface area contributed by atoms with Crippen molar-refractivity contribution in [3.8, 4) is 5.75 Å². The number of nitrogens with zero attached hydrogens (tertiary/aromatic N) is 2. The molecule has 1 amide bonds. The predicted molar refractivity (Wildman–Crippen MR) is 113 cm³/mol. The molecule has 7 heteroatoms. The van der Waals surface area contributed by atoms with E-state index in [1.165, 1.54) is 16.2 Å². The first kappa shape index (κ1) is 18.9. The lowest BCUT2D eigenvalue weighted by molar-refractivity contribution is 0.0781. The minimum absolute atomic E-state index is 0.160. The van der Waals surface area contributed by atoms with E-state index < -0.39 is 0 Å². The summed E-state index contributed by atoms with van der Waals surface area (Å²) in [6.45, 7) is 0.685. The summed E-state index contributed by atoms with van der Waals surface area (Å²) in [5.41, 5.74) is 2.09. The predicted octanol–water partition coefficient (Wildman–Crippen LogP) is 3.84. The van der Waals surface area contributed by atoms with Crippen molar-refractivity contribution in [2.75, 3.05) is 7.05 Å². The zero-order chi connectivity index (χ0) is 20.2. The van der Waals surface area contributed by atoms with E-state index in [1.807, 2.05) is 35.7 Å². The lowest BCUT2D eigenvalue weighted by Crippen LogP contribution is -2.28. The Bertz CT molecular complexity index is 1180. The molecule has 6 nitrogen and oxygen atoms in total. The Labute approximate surface area is 171 Å². The molecule has 1 N–H and O–H groups in total. The number of hydrogen-bond donors (Lipinski definition) is 1. The number of ether oxygens (including phenoxy) is 1. The molecule has 4 rings (SSSR count). The first-order valence-electron chi connectivity index (χ1n) is 9.09. The van der Waals surface area contributed by atoms with Crippen molar-refractivity contribution < 1.29 is 9.53 Å². The van der Waals surface area contributed by atoms with Crippen LogP contribution in [0.5, 0.6) is 5.75 Å². The van der Waals surface area contributed by atoms with Crippen molar-refractivity contribution in [1.29, 1.82) is 0 Å². The van der Waals surface area contributed by atoms with Crippen molar-refractivity contribution in [2.24, 2.45) is 0 Å². The summed E-state index contributed by atoms with van der Waals surface area (Å²) < 4.78 is 6.35. The highest BCUT2D eigenvalue weighted by Gasteiger charge is 2.14. The molecular formula is C22H19N3O3S. The second kappa shape index (κ2) is 8.28. The molecule has 0 aliphatic rings. The summed E-state index contributed by atoms with van der Waals surface area (Å²) in [7, 11) is 1.68. The highest BCUT2D eigenvalue weighted by Crippen LogP contribution is 2.17. The number of nitrogens with one attached hydrogen (secondary N) is 1. The van der Waals surface area contributed by atoms with Crippen LogP contribution in [0.1, 0.15) is 21.7 Å². The van der Waals surface area contributed by atoms with Crippen LogP contribution in [0.25, 0.3) is 10.2 Å². The average molecular weight is 405 g/mol. The molecule has 0 radical (unpaired) electrons. The van der Waals surface area contributed by atoms with Crippen LogP contribution >= 0.6 is 11.3 Å². The van der Waals surface area contributed by atoms with Gasteiger partial charge < -0.3 is 14.6 Å². The van der Waals surface area contributed by atoms with Crippen LogP contribution in [0, 0.1) is 0 Å². The van der Waals surface area contributed by atoms with Gasteiger partial charge >= 0.3 is 0 Å². The van der Waals surface area contributed by atoms with E-state index in [1.54, 1.807) is 37.4 Å². The number of fused-ring (bicyclic) bond motifs is 1. The molecule has 0 fully saturated rings. The van der Waals surface area contributed by atoms with E-state index in [0.29, 0.717) is 34.0 Å². The number of amides is 1. The Balaban J connectivity index is 1.40. The Morgan fingerprint density at radius 1 is 1.10 bits per heavy atom. The van der Waals surface area contributed by atoms with E-state index in [4.69, 9.17) is 4.74 Å². The topological polar surface area (TPSA) is 75.3 Å². The highest BCUT2D eigenvalue weighted by molar-refractivity contribution is 7.17. The number of thiophene rings is 1. The maximum absolute atomic E-state index is 12.7. The third-order valence-electron chi connectivity index (χ3n) is 4.45. The van der Waals surface area contributed by atoms with Gasteiger partial charge in [-0.15, -0.1) is 11.3 Å². The number of benzene rings is 2. The molecule has 0 atom stereocenters. The van der Waals surface area contributed by atoms with Gasteiger partial charge in [0.2, 0.25) is 0 Å². The standard InChI is InChI=1S/C22H19N3O3S/c1-25(13-19-23-18-11-12-29-20(18)21(26)24-19)22(27)16-7-9-17(10-8-16)28-14-15-5-3-2-4-6-15/h2-12H,13-14H2,1H3,(H,23,24,26). The average Bonchev–Trinajstić information content (AvgIpc) is 3.22. The van der Waals surface area contributed by atoms with E-state index in [2.05, 4.69) is 9.97 Å². The van der Waals surface area contributed by atoms with Gasteiger partial charge in [0.25, 0.3) is 11.5 Å². The number of H-pyrrole nitrogens is 1. The summed E-state index contributed by atoms with van der Waals surface area (Å²) in [6, 6.07) is 18.7. The molecule has 0 aliphatic heterocycles. The second-order valence-electron chi connectivity index (χ2n) is 6.61. The number of carbonyl (C=O) groups is 1. The largest absolute Gasteiger partial charge is 0.489 e. The Morgan fingerprint density at radius 2 is 1.86 bits per heavy atom. The van der Waals surface area contributed by atoms with Gasteiger partial charge in [0.1, 0.15) is 22.9 Å². The number of carbonyl (C=O) groups excluding carboxylic acids is 1. The van der Waals surface area contributed by atoms with Crippen LogP contribution in [0.15, 0.2) is 70.8 Å². The van der Waals surface area contributed by atoms with Crippen LogP contribution in [-0.4, -0.2) is 27.8 Å². The first-order chi connectivity index (χ1) is 14.1. The molecule has 0 spiro atoms. The minimum Gasteiger partial charge on any atom is -0.489 e. The summed E-state index contributed by atoms with van der Waals surface area (Å²) in [4.78, 5) is 33.5. The summed E-state index contributed by atoms with van der Waals surface area (Å²) in [5, 5.41) is 1.83. The fourth-order valence-electron chi connectivity index (χ4n) is 2.95. The van der Waals surface area contributed by atoms with Crippen LogP contribution in [-0.2, 0) is 13.2 Å². The van der Waals surface area contributed by atoms with E-state index in [0.717, 1.165) is 5.56 Å². The summed E-state index contributed by atoms with van der Waals surface area (Å²) in [5.74, 6) is 0.995. The van der Waals surface area contributed by atoms with Crippen molar-refractivity contribution in [3.05, 3.63) is 93.3 Å². The summed E-state index contributed by atoms with van der Waals surface area (Å²) in [6.07, 6.45) is 0. The van der Waals surface area contributed by atoms with Gasteiger partial charge in [0, 0.05) is 12.6 Å². The number of aromatic amines is 1. The maximum atomic E-state index is 12.7. The van der Waals surface area contributed by atoms with Gasteiger partial charge in [0.05, 0.1) is 12.1 Å². The van der Waals surface area contributed by atoms with Crippen LogP contribution in [0.2, 0.25) is 0 Å². The quantitative estimate of drug-likeness (QED) is 0.529. The third-order valence-corrected chi connectivity index (χ3v) is 5.35. The normalized spacial score (nSPS) is 10.8. The molecule has 0 saturated carbocycles. The van der Waals surface area contributed by atoms with Crippen LogP contribution in [0.4, 0.5) is 0 Å². The number of hydrogen-bond acceptors (Lipinski definition) is 5. The monoisotopic (exact) mass is 405 g/mol. The third kappa shape index (κ3) is 4.35. The van der Waals surface area contributed by atoms with Gasteiger partial charge in [0.15, 0.2) is 0 Å². The molecule has 29 heavy (non-hydrogen) atoms. The molecular weight excluding hydrogens is 386 g/mol. The smallest absolute Gasteiger partial charge is 0.268 e. The second-order valence-corrected chi connectivity index (χ2v) is 7.52. The van der Waals surface area contributed by atoms with Crippen molar-refractivity contribution in [1.82, 2.24) is 14.9 Å². The lowest BCUT2D eigenvalue weighted by Gasteiger charge is -2.17. The molecule has 146 valence electrons. The lowest BCUT2D eigenvalue weighted by atomic mass is 10.2. The van der Waals surface area contributed by atoms with Gasteiger partial charge in [-0.2, -0.15) is 0 Å². The maximum Gasteiger partial charge on any atom is 0.268 e. The number of aromatic nitrogens is 2. The summed E-state index contributed by atoms with van der Waals surface area (Å²) >= 11 is 1.35. The molecule has 0 bridgehead atoms. The number of rotatable bonds is 6. The van der Waals surface area contributed by atoms with Crippen LogP contribution < -0.4 is 10.3 Å². The van der Waals surface area contributed by atoms with Crippen LogP contribution in [0.3, 0.4) is 0 Å². The van der Waals surface area contributed by atoms with E-state index >= 15 is 0 Å². The van der Waals surface area contributed by atoms with E-state index in [-0.39, 0.29) is 18.0 Å².